The molecule has 0 spiro atoms. The predicted molar refractivity (Wildman–Crippen MR) is 139 cm³/mol. The molecule has 0 aliphatic carbocycles. The van der Waals surface area contributed by atoms with Crippen LogP contribution in [0, 0.1) is 0 Å². The first-order chi connectivity index (χ1) is 16.4. The molecule has 1 heterocycles. The highest BCUT2D eigenvalue weighted by atomic mass is 16.2. The van der Waals surface area contributed by atoms with Crippen LogP contribution in [0.1, 0.15) is 55.2 Å². The monoisotopic (exact) mass is 462 g/mol. The number of nitrogens with zero attached hydrogens (tertiary/aromatic N) is 3. The molecule has 2 aromatic carbocycles. The first-order valence-electron chi connectivity index (χ1n) is 12.2. The fourth-order valence-corrected chi connectivity index (χ4v) is 4.95. The number of carbonyl (C=O) groups excluding carboxylic acids is 2. The second-order valence-corrected chi connectivity index (χ2v) is 9.03. The summed E-state index contributed by atoms with van der Waals surface area (Å²) >= 11 is 0. The van der Waals surface area contributed by atoms with Crippen LogP contribution in [0.3, 0.4) is 0 Å². The van der Waals surface area contributed by atoms with E-state index in [1.807, 2.05) is 55.2 Å². The van der Waals surface area contributed by atoms with Gasteiger partial charge in [-0.15, -0.1) is 6.58 Å². The summed E-state index contributed by atoms with van der Waals surface area (Å²) in [6, 6.07) is 16.8. The number of benzene rings is 2. The minimum atomic E-state index is 0.00865. The highest BCUT2D eigenvalue weighted by Gasteiger charge is 2.34. The maximum Gasteiger partial charge on any atom is 0.253 e. The number of rotatable bonds is 10. The van der Waals surface area contributed by atoms with Crippen LogP contribution in [0.5, 0.6) is 0 Å². The average Bonchev–Trinajstić information content (AvgIpc) is 2.84. The van der Waals surface area contributed by atoms with Gasteiger partial charge in [-0.25, -0.2) is 0 Å². The van der Waals surface area contributed by atoms with Gasteiger partial charge in [-0.1, -0.05) is 30.3 Å². The predicted octanol–water partition coefficient (Wildman–Crippen LogP) is 4.41. The van der Waals surface area contributed by atoms with E-state index < -0.39 is 0 Å². The van der Waals surface area contributed by atoms with E-state index in [9.17, 15) is 9.59 Å². The van der Waals surface area contributed by atoms with Gasteiger partial charge in [0.25, 0.3) is 5.91 Å². The molecular weight excluding hydrogens is 424 g/mol. The van der Waals surface area contributed by atoms with Crippen LogP contribution in [0.25, 0.3) is 0 Å². The molecule has 3 atom stereocenters. The number of piperazine rings is 1. The number of amides is 2. The third-order valence-corrected chi connectivity index (χ3v) is 6.81. The summed E-state index contributed by atoms with van der Waals surface area (Å²) in [6.07, 6.45) is 2.68. The molecule has 1 N–H and O–H groups in total. The minimum Gasteiger partial charge on any atom is -0.339 e. The third kappa shape index (κ3) is 5.75. The number of carbonyl (C=O) groups is 2. The molecule has 34 heavy (non-hydrogen) atoms. The van der Waals surface area contributed by atoms with Crippen LogP contribution in [-0.2, 0) is 4.79 Å². The summed E-state index contributed by atoms with van der Waals surface area (Å²) in [4.78, 5) is 30.7. The van der Waals surface area contributed by atoms with Crippen molar-refractivity contribution >= 4 is 18.0 Å². The Morgan fingerprint density at radius 1 is 1.09 bits per heavy atom. The van der Waals surface area contributed by atoms with Gasteiger partial charge < -0.3 is 10.2 Å². The maximum absolute atomic E-state index is 12.8. The topological polar surface area (TPSA) is 55.9 Å². The molecule has 2 aromatic rings. The van der Waals surface area contributed by atoms with Crippen LogP contribution in [-0.4, -0.2) is 71.8 Å². The van der Waals surface area contributed by atoms with Gasteiger partial charge in [0, 0.05) is 56.1 Å². The van der Waals surface area contributed by atoms with Crippen LogP contribution in [0.15, 0.2) is 61.2 Å². The molecule has 1 fully saturated rings. The zero-order chi connectivity index (χ0) is 24.7. The molecule has 6 heteroatoms. The molecule has 182 valence electrons. The molecule has 0 saturated carbocycles. The second-order valence-electron chi connectivity index (χ2n) is 9.03. The van der Waals surface area contributed by atoms with Crippen molar-refractivity contribution in [2.45, 2.75) is 45.8 Å². The molecule has 1 saturated heterocycles. The van der Waals surface area contributed by atoms with Crippen molar-refractivity contribution in [2.24, 2.45) is 0 Å². The Morgan fingerprint density at radius 3 is 2.41 bits per heavy atom. The summed E-state index contributed by atoms with van der Waals surface area (Å²) in [5.41, 5.74) is 3.73. The molecule has 1 unspecified atom stereocenters. The van der Waals surface area contributed by atoms with Crippen molar-refractivity contribution < 1.29 is 9.59 Å². The summed E-state index contributed by atoms with van der Waals surface area (Å²) in [7, 11) is 0. The van der Waals surface area contributed by atoms with E-state index in [0.717, 1.165) is 36.4 Å². The standard InChI is InChI=1S/C28H38N4O2/c1-6-16-31-18-22(5)32(19-21(31)4)27(25-10-9-11-26(17-25)29-20-33)23-12-14-24(15-13-23)28(34)30(7-2)8-3/h6,9-15,17,20-22,27H,1,7-8,16,18-19H2,2-5H3,(H,29,33)/t21-,22+,27?/m0/s1. The third-order valence-electron chi connectivity index (χ3n) is 6.81. The van der Waals surface area contributed by atoms with Crippen molar-refractivity contribution in [3.05, 3.63) is 77.9 Å². The highest BCUT2D eigenvalue weighted by Crippen LogP contribution is 2.34. The SMILES string of the molecule is C=CCN1C[C@@H](C)N(C(c2ccc(C(=O)N(CC)CC)cc2)c2cccc(NC=O)c2)C[C@@H]1C. The van der Waals surface area contributed by atoms with Crippen molar-refractivity contribution in [3.8, 4) is 0 Å². The number of hydrogen-bond acceptors (Lipinski definition) is 4. The van der Waals surface area contributed by atoms with E-state index in [2.05, 4.69) is 53.7 Å². The van der Waals surface area contributed by atoms with Crippen LogP contribution in [0.4, 0.5) is 5.69 Å². The molecular formula is C28H38N4O2. The lowest BCUT2D eigenvalue weighted by molar-refractivity contribution is -0.105. The van der Waals surface area contributed by atoms with E-state index in [1.165, 1.54) is 0 Å². The van der Waals surface area contributed by atoms with Crippen molar-refractivity contribution in [1.82, 2.24) is 14.7 Å². The molecule has 1 aliphatic rings. The molecule has 3 rings (SSSR count). The van der Waals surface area contributed by atoms with E-state index >= 15 is 0 Å². The van der Waals surface area contributed by atoms with Gasteiger partial charge in [-0.2, -0.15) is 0 Å². The molecule has 0 aromatic heterocycles. The largest absolute Gasteiger partial charge is 0.339 e. The van der Waals surface area contributed by atoms with Gasteiger partial charge in [0.15, 0.2) is 0 Å². The molecule has 2 amide bonds. The number of nitrogens with one attached hydrogen (secondary N) is 1. The van der Waals surface area contributed by atoms with E-state index in [0.29, 0.717) is 37.1 Å². The lowest BCUT2D eigenvalue weighted by Gasteiger charge is -2.47. The quantitative estimate of drug-likeness (QED) is 0.420. The Hall–Kier alpha value is -2.96. The van der Waals surface area contributed by atoms with E-state index in [1.54, 1.807) is 0 Å². The fraction of sp³-hybridized carbons (Fsp3) is 0.429. The average molecular weight is 463 g/mol. The molecule has 6 nitrogen and oxygen atoms in total. The van der Waals surface area contributed by atoms with E-state index in [4.69, 9.17) is 0 Å². The van der Waals surface area contributed by atoms with Gasteiger partial charge in [-0.3, -0.25) is 19.4 Å². The molecule has 1 aliphatic heterocycles. The summed E-state index contributed by atoms with van der Waals surface area (Å²) in [5, 5.41) is 2.78. The minimum absolute atomic E-state index is 0.00865. The van der Waals surface area contributed by atoms with Gasteiger partial charge >= 0.3 is 0 Å². The Labute approximate surface area is 204 Å². The summed E-state index contributed by atoms with van der Waals surface area (Å²) < 4.78 is 0. The van der Waals surface area contributed by atoms with Gasteiger partial charge in [0.05, 0.1) is 6.04 Å². The van der Waals surface area contributed by atoms with Gasteiger partial charge in [0.2, 0.25) is 6.41 Å². The van der Waals surface area contributed by atoms with Crippen molar-refractivity contribution in [1.29, 1.82) is 0 Å². The number of anilines is 1. The summed E-state index contributed by atoms with van der Waals surface area (Å²) in [5.74, 6) is 0.0605. The smallest absolute Gasteiger partial charge is 0.253 e. The van der Waals surface area contributed by atoms with Gasteiger partial charge in [-0.05, 0) is 63.1 Å². The normalized spacial score (nSPS) is 19.9. The number of hydrogen-bond donors (Lipinski definition) is 1. The zero-order valence-corrected chi connectivity index (χ0v) is 20.9. The van der Waals surface area contributed by atoms with Crippen LogP contribution >= 0.6 is 0 Å². The van der Waals surface area contributed by atoms with Crippen molar-refractivity contribution in [2.75, 3.05) is 38.0 Å². The Bertz CT molecular complexity index is 971. The Balaban J connectivity index is 1.99. The Morgan fingerprint density at radius 2 is 1.79 bits per heavy atom. The van der Waals surface area contributed by atoms with Crippen LogP contribution < -0.4 is 5.32 Å². The maximum atomic E-state index is 12.8. The molecule has 0 bridgehead atoms. The van der Waals surface area contributed by atoms with E-state index in [-0.39, 0.29) is 11.9 Å². The Kier molecular flexibility index (Phi) is 9.02. The van der Waals surface area contributed by atoms with Crippen molar-refractivity contribution in [3.63, 3.8) is 0 Å². The van der Waals surface area contributed by atoms with Gasteiger partial charge in [0.1, 0.15) is 0 Å². The zero-order valence-electron chi connectivity index (χ0n) is 20.9. The highest BCUT2D eigenvalue weighted by molar-refractivity contribution is 5.94. The lowest BCUT2D eigenvalue weighted by Crippen LogP contribution is -2.57. The first-order valence-corrected chi connectivity index (χ1v) is 12.2. The summed E-state index contributed by atoms with van der Waals surface area (Å²) in [6.45, 7) is 16.6. The second kappa shape index (κ2) is 12.0. The lowest BCUT2D eigenvalue weighted by atomic mass is 9.92. The first kappa shape index (κ1) is 25.7. The van der Waals surface area contributed by atoms with Crippen LogP contribution in [0.2, 0.25) is 0 Å². The molecule has 0 radical (unpaired) electrons. The fourth-order valence-electron chi connectivity index (χ4n) is 4.95.